The van der Waals surface area contributed by atoms with E-state index in [4.69, 9.17) is 9.89 Å². The van der Waals surface area contributed by atoms with E-state index in [9.17, 15) is 18.9 Å². The molecule has 6 nitrogen and oxygen atoms in total. The normalized spacial score (nSPS) is 15.1. The molecule has 0 saturated heterocycles. The van der Waals surface area contributed by atoms with Crippen molar-refractivity contribution in [2.75, 3.05) is 5.75 Å². The second kappa shape index (κ2) is 11.5. The molecule has 3 N–H and O–H groups in total. The number of benzene rings is 2. The molecule has 0 saturated carbocycles. The molecule has 7 heteroatoms. The molecule has 162 valence electrons. The van der Waals surface area contributed by atoms with Crippen LogP contribution in [0.15, 0.2) is 60.7 Å². The van der Waals surface area contributed by atoms with Crippen LogP contribution in [0, 0.1) is 10.7 Å². The first-order chi connectivity index (χ1) is 14.3. The predicted molar refractivity (Wildman–Crippen MR) is 117 cm³/mol. The van der Waals surface area contributed by atoms with E-state index in [2.05, 4.69) is 0 Å². The number of carbonyl (C=O) groups is 2. The van der Waals surface area contributed by atoms with Gasteiger partial charge in [0.1, 0.15) is 0 Å². The van der Waals surface area contributed by atoms with Crippen LogP contribution < -0.4 is 0 Å². The van der Waals surface area contributed by atoms with Crippen molar-refractivity contribution in [3.8, 4) is 0 Å². The fourth-order valence-corrected chi connectivity index (χ4v) is 5.38. The van der Waals surface area contributed by atoms with Gasteiger partial charge in [-0.25, -0.2) is 4.21 Å². The SMILES string of the molecule is N=S(=O)(CCC(CCC(=O)O)C(=O)O)C(CCc1ccccc1)Cc1ccccc1. The van der Waals surface area contributed by atoms with Crippen LogP contribution in [0.3, 0.4) is 0 Å². The van der Waals surface area contributed by atoms with Gasteiger partial charge in [-0.15, -0.1) is 0 Å². The summed E-state index contributed by atoms with van der Waals surface area (Å²) in [6.07, 6.45) is 1.51. The van der Waals surface area contributed by atoms with Gasteiger partial charge >= 0.3 is 11.9 Å². The lowest BCUT2D eigenvalue weighted by Crippen LogP contribution is -2.28. The van der Waals surface area contributed by atoms with Crippen molar-refractivity contribution < 1.29 is 24.0 Å². The van der Waals surface area contributed by atoms with E-state index in [0.29, 0.717) is 19.3 Å². The van der Waals surface area contributed by atoms with Crippen molar-refractivity contribution in [1.82, 2.24) is 0 Å². The van der Waals surface area contributed by atoms with E-state index in [-0.39, 0.29) is 25.0 Å². The molecule has 0 aliphatic heterocycles. The average molecular weight is 432 g/mol. The van der Waals surface area contributed by atoms with Crippen molar-refractivity contribution >= 4 is 21.7 Å². The first kappa shape index (κ1) is 23.6. The lowest BCUT2D eigenvalue weighted by atomic mass is 10.0. The molecule has 30 heavy (non-hydrogen) atoms. The summed E-state index contributed by atoms with van der Waals surface area (Å²) >= 11 is 0. The van der Waals surface area contributed by atoms with Crippen LogP contribution in [0.2, 0.25) is 0 Å². The fraction of sp³-hybridized carbons (Fsp3) is 0.391. The molecular formula is C23H29NO5S. The summed E-state index contributed by atoms with van der Waals surface area (Å²) < 4.78 is 21.9. The molecule has 3 unspecified atom stereocenters. The summed E-state index contributed by atoms with van der Waals surface area (Å²) in [5, 5.41) is 17.8. The standard InChI is InChI=1S/C23H29NO5S/c24-30(29,16-15-20(23(27)28)12-14-22(25)26)21(17-19-9-5-2-6-10-19)13-11-18-7-3-1-4-8-18/h1-10,20-21,24H,11-17H2,(H,25,26)(H,27,28). The largest absolute Gasteiger partial charge is 0.481 e. The molecule has 2 aromatic rings. The molecule has 0 amide bonds. The highest BCUT2D eigenvalue weighted by atomic mass is 32.2. The zero-order chi connectivity index (χ0) is 22.0. The Morgan fingerprint density at radius 3 is 1.97 bits per heavy atom. The minimum atomic E-state index is -3.07. The highest BCUT2D eigenvalue weighted by Gasteiger charge is 2.26. The zero-order valence-corrected chi connectivity index (χ0v) is 17.7. The van der Waals surface area contributed by atoms with Crippen LogP contribution in [-0.2, 0) is 32.2 Å². The van der Waals surface area contributed by atoms with E-state index in [1.807, 2.05) is 60.7 Å². The minimum Gasteiger partial charge on any atom is -0.481 e. The summed E-state index contributed by atoms with van der Waals surface area (Å²) in [6, 6.07) is 19.4. The van der Waals surface area contributed by atoms with E-state index < -0.39 is 32.8 Å². The highest BCUT2D eigenvalue weighted by Crippen LogP contribution is 2.21. The minimum absolute atomic E-state index is 0.0203. The van der Waals surface area contributed by atoms with E-state index in [1.54, 1.807) is 0 Å². The van der Waals surface area contributed by atoms with Gasteiger partial charge in [0.05, 0.1) is 5.92 Å². The maximum absolute atomic E-state index is 13.3. The van der Waals surface area contributed by atoms with E-state index in [0.717, 1.165) is 11.1 Å². The lowest BCUT2D eigenvalue weighted by molar-refractivity contribution is -0.143. The Morgan fingerprint density at radius 2 is 1.43 bits per heavy atom. The third kappa shape index (κ3) is 7.99. The van der Waals surface area contributed by atoms with Crippen LogP contribution in [-0.4, -0.2) is 37.4 Å². The van der Waals surface area contributed by atoms with Crippen LogP contribution in [0.25, 0.3) is 0 Å². The Hall–Kier alpha value is -2.67. The number of rotatable bonds is 13. The van der Waals surface area contributed by atoms with Crippen LogP contribution >= 0.6 is 0 Å². The van der Waals surface area contributed by atoms with Crippen molar-refractivity contribution in [3.05, 3.63) is 71.8 Å². The summed E-state index contributed by atoms with van der Waals surface area (Å²) in [5.41, 5.74) is 2.10. The summed E-state index contributed by atoms with van der Waals surface area (Å²) in [4.78, 5) is 22.2. The third-order valence-corrected chi connectivity index (χ3v) is 7.59. The molecule has 0 spiro atoms. The second-order valence-corrected chi connectivity index (χ2v) is 10.1. The summed E-state index contributed by atoms with van der Waals surface area (Å²) in [5.74, 6) is -3.11. The van der Waals surface area contributed by atoms with Crippen molar-refractivity contribution in [2.24, 2.45) is 5.92 Å². The smallest absolute Gasteiger partial charge is 0.306 e. The van der Waals surface area contributed by atoms with Crippen molar-refractivity contribution in [1.29, 1.82) is 4.78 Å². The maximum atomic E-state index is 13.3. The number of aryl methyl sites for hydroxylation is 1. The monoisotopic (exact) mass is 431 g/mol. The number of aliphatic carboxylic acids is 2. The Labute approximate surface area is 177 Å². The molecule has 0 heterocycles. The first-order valence-electron chi connectivity index (χ1n) is 10.1. The Morgan fingerprint density at radius 1 is 0.867 bits per heavy atom. The number of hydrogen-bond donors (Lipinski definition) is 3. The predicted octanol–water partition coefficient (Wildman–Crippen LogP) is 4.23. The topological polar surface area (TPSA) is 116 Å². The Bertz CT molecular complexity index is 913. The zero-order valence-electron chi connectivity index (χ0n) is 16.9. The van der Waals surface area contributed by atoms with Crippen LogP contribution in [0.4, 0.5) is 0 Å². The van der Waals surface area contributed by atoms with E-state index in [1.165, 1.54) is 0 Å². The molecular weight excluding hydrogens is 402 g/mol. The molecule has 3 atom stereocenters. The van der Waals surface area contributed by atoms with Gasteiger partial charge in [0, 0.05) is 27.2 Å². The number of nitrogens with one attached hydrogen (secondary N) is 1. The molecule has 0 aliphatic rings. The third-order valence-electron chi connectivity index (χ3n) is 5.27. The average Bonchev–Trinajstić information content (AvgIpc) is 2.72. The van der Waals surface area contributed by atoms with Gasteiger partial charge in [0.25, 0.3) is 0 Å². The lowest BCUT2D eigenvalue weighted by Gasteiger charge is -2.22. The van der Waals surface area contributed by atoms with Gasteiger partial charge in [0.2, 0.25) is 0 Å². The van der Waals surface area contributed by atoms with Gasteiger partial charge < -0.3 is 10.2 Å². The van der Waals surface area contributed by atoms with Gasteiger partial charge in [-0.3, -0.25) is 14.4 Å². The van der Waals surface area contributed by atoms with E-state index >= 15 is 0 Å². The van der Waals surface area contributed by atoms with Gasteiger partial charge in [-0.1, -0.05) is 60.7 Å². The summed E-state index contributed by atoms with van der Waals surface area (Å²) in [6.45, 7) is 0. The van der Waals surface area contributed by atoms with Gasteiger partial charge in [-0.2, -0.15) is 0 Å². The second-order valence-electron chi connectivity index (χ2n) is 7.52. The molecule has 0 aliphatic carbocycles. The molecule has 0 fully saturated rings. The number of hydrogen-bond acceptors (Lipinski definition) is 4. The number of carboxylic acid groups (broad SMARTS) is 2. The van der Waals surface area contributed by atoms with Gasteiger partial charge in [-0.05, 0) is 43.2 Å². The summed E-state index contributed by atoms with van der Waals surface area (Å²) in [7, 11) is -3.07. The highest BCUT2D eigenvalue weighted by molar-refractivity contribution is 7.93. The Balaban J connectivity index is 2.10. The number of carboxylic acids is 2. The Kier molecular flexibility index (Phi) is 9.05. The van der Waals surface area contributed by atoms with Crippen molar-refractivity contribution in [3.63, 3.8) is 0 Å². The van der Waals surface area contributed by atoms with Crippen molar-refractivity contribution in [2.45, 2.75) is 43.8 Å². The molecule has 2 aromatic carbocycles. The molecule has 0 aromatic heterocycles. The van der Waals surface area contributed by atoms with Crippen LogP contribution in [0.5, 0.6) is 0 Å². The molecule has 2 rings (SSSR count). The van der Waals surface area contributed by atoms with Gasteiger partial charge in [0.15, 0.2) is 0 Å². The first-order valence-corrected chi connectivity index (χ1v) is 11.8. The maximum Gasteiger partial charge on any atom is 0.306 e. The quantitative estimate of drug-likeness (QED) is 0.439. The molecule has 0 radical (unpaired) electrons. The molecule has 0 bridgehead atoms. The van der Waals surface area contributed by atoms with Crippen LogP contribution in [0.1, 0.15) is 36.8 Å². The fourth-order valence-electron chi connectivity index (χ4n) is 3.45.